The molecular weight excluding hydrogens is 252 g/mol. The highest BCUT2D eigenvalue weighted by atomic mass is 35.5. The summed E-state index contributed by atoms with van der Waals surface area (Å²) in [5, 5.41) is 0. The van der Waals surface area contributed by atoms with Crippen LogP contribution in [0.1, 0.15) is 25.7 Å². The van der Waals surface area contributed by atoms with Gasteiger partial charge in [-0.2, -0.15) is 0 Å². The van der Waals surface area contributed by atoms with E-state index in [2.05, 4.69) is 0 Å². The molecule has 2 aliphatic heterocycles. The van der Waals surface area contributed by atoms with Gasteiger partial charge in [0.05, 0.1) is 0 Å². The Morgan fingerprint density at radius 1 is 1.06 bits per heavy atom. The summed E-state index contributed by atoms with van der Waals surface area (Å²) in [4.78, 5) is 27.6. The summed E-state index contributed by atoms with van der Waals surface area (Å²) in [6, 6.07) is 0.507. The van der Waals surface area contributed by atoms with Crippen molar-refractivity contribution in [2.75, 3.05) is 25.5 Å². The van der Waals surface area contributed by atoms with E-state index in [4.69, 9.17) is 11.6 Å². The van der Waals surface area contributed by atoms with Crippen LogP contribution in [0.25, 0.3) is 0 Å². The molecule has 0 bridgehead atoms. The van der Waals surface area contributed by atoms with E-state index in [9.17, 15) is 9.59 Å². The van der Waals surface area contributed by atoms with Crippen LogP contribution in [0.4, 0.5) is 0 Å². The smallest absolute Gasteiger partial charge is 0.223 e. The van der Waals surface area contributed by atoms with Crippen molar-refractivity contribution in [3.05, 3.63) is 0 Å². The van der Waals surface area contributed by atoms with Crippen molar-refractivity contribution in [1.82, 2.24) is 9.80 Å². The van der Waals surface area contributed by atoms with Crippen molar-refractivity contribution < 1.29 is 9.59 Å². The van der Waals surface area contributed by atoms with Crippen molar-refractivity contribution in [3.63, 3.8) is 0 Å². The summed E-state index contributed by atoms with van der Waals surface area (Å²) in [6.07, 6.45) is 3.52. The third-order valence-electron chi connectivity index (χ3n) is 4.22. The van der Waals surface area contributed by atoms with Gasteiger partial charge in [0.2, 0.25) is 11.8 Å². The van der Waals surface area contributed by atoms with Crippen LogP contribution in [-0.2, 0) is 9.59 Å². The number of likely N-dealkylation sites (tertiary alicyclic amines) is 2. The van der Waals surface area contributed by atoms with Crippen LogP contribution in [0, 0.1) is 11.8 Å². The molecule has 3 rings (SSSR count). The van der Waals surface area contributed by atoms with E-state index >= 15 is 0 Å². The van der Waals surface area contributed by atoms with Crippen molar-refractivity contribution >= 4 is 23.4 Å². The third-order valence-corrected chi connectivity index (χ3v) is 4.65. The van der Waals surface area contributed by atoms with Gasteiger partial charge in [0.1, 0.15) is 0 Å². The molecule has 4 nitrogen and oxygen atoms in total. The number of hydrogen-bond acceptors (Lipinski definition) is 2. The maximum absolute atomic E-state index is 11.8. The number of amides is 2. The average Bonchev–Trinajstić information content (AvgIpc) is 3.04. The zero-order valence-electron chi connectivity index (χ0n) is 10.5. The molecular formula is C13H19ClN2O2. The van der Waals surface area contributed by atoms with Crippen molar-refractivity contribution in [1.29, 1.82) is 0 Å². The molecule has 3 aliphatic rings. The molecule has 2 amide bonds. The minimum atomic E-state index is 0.206. The van der Waals surface area contributed by atoms with Crippen LogP contribution >= 0.6 is 11.6 Å². The summed E-state index contributed by atoms with van der Waals surface area (Å²) < 4.78 is 0. The lowest BCUT2D eigenvalue weighted by atomic mass is 10.1. The van der Waals surface area contributed by atoms with E-state index < -0.39 is 0 Å². The van der Waals surface area contributed by atoms with E-state index in [1.165, 1.54) is 0 Å². The first-order valence-corrected chi connectivity index (χ1v) is 7.34. The lowest BCUT2D eigenvalue weighted by Gasteiger charge is -2.21. The molecule has 5 heteroatoms. The quantitative estimate of drug-likeness (QED) is 0.718. The SMILES string of the molecule is O=C1CC(CCl)CN1CC1CC(=O)N(C2CC2)C1. The normalized spacial score (nSPS) is 32.7. The molecule has 2 saturated heterocycles. The van der Waals surface area contributed by atoms with Crippen LogP contribution in [0.15, 0.2) is 0 Å². The molecule has 100 valence electrons. The first-order chi connectivity index (χ1) is 8.67. The molecule has 0 aromatic heterocycles. The number of halogens is 1. The third kappa shape index (κ3) is 2.35. The second-order valence-corrected chi connectivity index (χ2v) is 6.18. The van der Waals surface area contributed by atoms with Gasteiger partial charge in [0.25, 0.3) is 0 Å². The monoisotopic (exact) mass is 270 g/mol. The second-order valence-electron chi connectivity index (χ2n) is 5.87. The predicted molar refractivity (Wildman–Crippen MR) is 68.2 cm³/mol. The fourth-order valence-electron chi connectivity index (χ4n) is 3.12. The molecule has 0 aromatic carbocycles. The number of rotatable bonds is 4. The Labute approximate surface area is 112 Å². The summed E-state index contributed by atoms with van der Waals surface area (Å²) in [7, 11) is 0. The van der Waals surface area contributed by atoms with Gasteiger partial charge in [-0.05, 0) is 18.8 Å². The Balaban J connectivity index is 1.54. The number of carbonyl (C=O) groups is 2. The van der Waals surface area contributed by atoms with E-state index in [1.54, 1.807) is 0 Å². The zero-order chi connectivity index (χ0) is 12.7. The Hall–Kier alpha value is -0.770. The van der Waals surface area contributed by atoms with Gasteiger partial charge in [-0.3, -0.25) is 9.59 Å². The van der Waals surface area contributed by atoms with Gasteiger partial charge in [-0.15, -0.1) is 11.6 Å². The van der Waals surface area contributed by atoms with Gasteiger partial charge in [0, 0.05) is 50.3 Å². The minimum Gasteiger partial charge on any atom is -0.342 e. The molecule has 1 saturated carbocycles. The second kappa shape index (κ2) is 4.72. The lowest BCUT2D eigenvalue weighted by molar-refractivity contribution is -0.129. The summed E-state index contributed by atoms with van der Waals surface area (Å²) in [5.74, 6) is 1.67. The first kappa shape index (κ1) is 12.3. The van der Waals surface area contributed by atoms with Crippen molar-refractivity contribution in [3.8, 4) is 0 Å². The van der Waals surface area contributed by atoms with Crippen LogP contribution in [0.2, 0.25) is 0 Å². The highest BCUT2D eigenvalue weighted by molar-refractivity contribution is 6.18. The summed E-state index contributed by atoms with van der Waals surface area (Å²) in [6.45, 7) is 2.36. The maximum Gasteiger partial charge on any atom is 0.223 e. The Morgan fingerprint density at radius 2 is 1.78 bits per heavy atom. The predicted octanol–water partition coefficient (Wildman–Crippen LogP) is 1.08. The first-order valence-electron chi connectivity index (χ1n) is 6.80. The number of hydrogen-bond donors (Lipinski definition) is 0. The number of alkyl halides is 1. The molecule has 0 radical (unpaired) electrons. The molecule has 1 aliphatic carbocycles. The van der Waals surface area contributed by atoms with Gasteiger partial charge in [-0.1, -0.05) is 0 Å². The van der Waals surface area contributed by atoms with Crippen LogP contribution < -0.4 is 0 Å². The van der Waals surface area contributed by atoms with Crippen LogP contribution in [0.5, 0.6) is 0 Å². The lowest BCUT2D eigenvalue weighted by Crippen LogP contribution is -2.33. The Morgan fingerprint density at radius 3 is 2.39 bits per heavy atom. The largest absolute Gasteiger partial charge is 0.342 e. The van der Waals surface area contributed by atoms with Gasteiger partial charge in [-0.25, -0.2) is 0 Å². The molecule has 0 spiro atoms. The van der Waals surface area contributed by atoms with Crippen LogP contribution in [0.3, 0.4) is 0 Å². The topological polar surface area (TPSA) is 40.6 Å². The van der Waals surface area contributed by atoms with Gasteiger partial charge >= 0.3 is 0 Å². The minimum absolute atomic E-state index is 0.206. The molecule has 3 fully saturated rings. The Bertz CT molecular complexity index is 370. The molecule has 18 heavy (non-hydrogen) atoms. The summed E-state index contributed by atoms with van der Waals surface area (Å²) >= 11 is 5.81. The van der Waals surface area contributed by atoms with E-state index in [0.717, 1.165) is 32.5 Å². The number of nitrogens with zero attached hydrogens (tertiary/aromatic N) is 2. The van der Waals surface area contributed by atoms with Gasteiger partial charge < -0.3 is 9.80 Å². The maximum atomic E-state index is 11.8. The van der Waals surface area contributed by atoms with E-state index in [0.29, 0.717) is 36.6 Å². The molecule has 2 atom stereocenters. The molecule has 2 unspecified atom stereocenters. The standard InChI is InChI=1S/C13H19ClN2O2/c14-5-9-3-12(17)15(6-9)7-10-4-13(18)16(8-10)11-1-2-11/h9-11H,1-8H2. The molecule has 0 aromatic rings. The molecule has 0 N–H and O–H groups in total. The Kier molecular flexibility index (Phi) is 3.22. The van der Waals surface area contributed by atoms with Crippen molar-refractivity contribution in [2.24, 2.45) is 11.8 Å². The fraction of sp³-hybridized carbons (Fsp3) is 0.846. The van der Waals surface area contributed by atoms with Crippen LogP contribution in [-0.4, -0.2) is 53.2 Å². The van der Waals surface area contributed by atoms with E-state index in [1.807, 2.05) is 9.80 Å². The highest BCUT2D eigenvalue weighted by Gasteiger charge is 2.41. The number of carbonyl (C=O) groups excluding carboxylic acids is 2. The van der Waals surface area contributed by atoms with Crippen molar-refractivity contribution in [2.45, 2.75) is 31.7 Å². The fourth-order valence-corrected chi connectivity index (χ4v) is 3.32. The molecule has 2 heterocycles. The van der Waals surface area contributed by atoms with Gasteiger partial charge in [0.15, 0.2) is 0 Å². The summed E-state index contributed by atoms with van der Waals surface area (Å²) in [5.41, 5.74) is 0. The zero-order valence-corrected chi connectivity index (χ0v) is 11.2. The van der Waals surface area contributed by atoms with E-state index in [-0.39, 0.29) is 11.8 Å². The highest BCUT2D eigenvalue weighted by Crippen LogP contribution is 2.33. The average molecular weight is 271 g/mol.